The lowest BCUT2D eigenvalue weighted by Crippen LogP contribution is -2.53. The van der Waals surface area contributed by atoms with Crippen LogP contribution in [-0.2, 0) is 9.59 Å². The van der Waals surface area contributed by atoms with E-state index in [4.69, 9.17) is 10.8 Å². The monoisotopic (exact) mass is 273 g/mol. The van der Waals surface area contributed by atoms with E-state index in [1.54, 1.807) is 0 Å². The zero-order chi connectivity index (χ0) is 14.6. The lowest BCUT2D eigenvalue weighted by atomic mass is 9.97. The highest BCUT2D eigenvalue weighted by Crippen LogP contribution is 2.16. The normalized spacial score (nSPS) is 24.6. The van der Waals surface area contributed by atoms with Crippen LogP contribution in [-0.4, -0.2) is 58.3 Å². The van der Waals surface area contributed by atoms with E-state index in [0.29, 0.717) is 19.5 Å². The van der Waals surface area contributed by atoms with Crippen molar-refractivity contribution in [3.05, 3.63) is 0 Å². The molecule has 0 spiro atoms. The van der Waals surface area contributed by atoms with Crippen LogP contribution < -0.4 is 11.1 Å². The van der Waals surface area contributed by atoms with Crippen molar-refractivity contribution in [1.82, 2.24) is 10.2 Å². The summed E-state index contributed by atoms with van der Waals surface area (Å²) in [5, 5.41) is 20.7. The molecule has 0 aromatic carbocycles. The number of amides is 3. The molecule has 5 N–H and O–H groups in total. The Labute approximate surface area is 110 Å². The minimum Gasteiger partial charge on any atom is -0.480 e. The number of likely N-dealkylation sites (tertiary alicyclic amines) is 1. The van der Waals surface area contributed by atoms with Crippen molar-refractivity contribution in [3.63, 3.8) is 0 Å². The van der Waals surface area contributed by atoms with Gasteiger partial charge in [0.05, 0.1) is 12.5 Å². The van der Waals surface area contributed by atoms with Crippen molar-refractivity contribution in [2.24, 2.45) is 11.7 Å². The van der Waals surface area contributed by atoms with E-state index in [2.05, 4.69) is 5.32 Å². The van der Waals surface area contributed by atoms with Crippen LogP contribution in [0.2, 0.25) is 0 Å². The molecule has 3 amide bonds. The van der Waals surface area contributed by atoms with Crippen LogP contribution in [0.4, 0.5) is 4.79 Å². The first kappa shape index (κ1) is 15.2. The molecule has 19 heavy (non-hydrogen) atoms. The predicted molar refractivity (Wildman–Crippen MR) is 65.1 cm³/mol. The van der Waals surface area contributed by atoms with Gasteiger partial charge in [0, 0.05) is 13.1 Å². The molecule has 0 saturated carbocycles. The van der Waals surface area contributed by atoms with Gasteiger partial charge in [0.25, 0.3) is 0 Å². The fourth-order valence-corrected chi connectivity index (χ4v) is 1.96. The zero-order valence-corrected chi connectivity index (χ0v) is 10.7. The van der Waals surface area contributed by atoms with Gasteiger partial charge >= 0.3 is 12.0 Å². The smallest absolute Gasteiger partial charge is 0.326 e. The van der Waals surface area contributed by atoms with Crippen LogP contribution in [0, 0.1) is 5.92 Å². The van der Waals surface area contributed by atoms with E-state index in [-0.39, 0.29) is 5.92 Å². The SMILES string of the molecule is CC1CN(C(=O)NC(CC(N)=O)C(=O)O)CCC1O. The number of urea groups is 1. The quantitative estimate of drug-likeness (QED) is 0.506. The largest absolute Gasteiger partial charge is 0.480 e. The van der Waals surface area contributed by atoms with Crippen molar-refractivity contribution in [3.8, 4) is 0 Å². The van der Waals surface area contributed by atoms with Crippen LogP contribution in [0.3, 0.4) is 0 Å². The number of carboxylic acids is 1. The summed E-state index contributed by atoms with van der Waals surface area (Å²) in [5.41, 5.74) is 4.93. The van der Waals surface area contributed by atoms with E-state index in [9.17, 15) is 19.5 Å². The first-order chi connectivity index (χ1) is 8.81. The molecule has 108 valence electrons. The van der Waals surface area contributed by atoms with Gasteiger partial charge in [0.1, 0.15) is 6.04 Å². The lowest BCUT2D eigenvalue weighted by Gasteiger charge is -2.34. The summed E-state index contributed by atoms with van der Waals surface area (Å²) in [6.45, 7) is 2.50. The van der Waals surface area contributed by atoms with Crippen LogP contribution in [0.15, 0.2) is 0 Å². The number of aliphatic hydroxyl groups excluding tert-OH is 1. The number of aliphatic carboxylic acids is 1. The van der Waals surface area contributed by atoms with Gasteiger partial charge in [0.2, 0.25) is 5.91 Å². The molecule has 0 aliphatic carbocycles. The van der Waals surface area contributed by atoms with E-state index in [1.165, 1.54) is 4.90 Å². The van der Waals surface area contributed by atoms with E-state index < -0.39 is 36.5 Å². The van der Waals surface area contributed by atoms with Crippen LogP contribution in [0.1, 0.15) is 19.8 Å². The van der Waals surface area contributed by atoms with Gasteiger partial charge in [-0.25, -0.2) is 9.59 Å². The molecule has 1 heterocycles. The number of primary amides is 1. The zero-order valence-electron chi connectivity index (χ0n) is 10.7. The van der Waals surface area contributed by atoms with Gasteiger partial charge in [-0.05, 0) is 12.3 Å². The number of piperidine rings is 1. The average Bonchev–Trinajstić information content (AvgIpc) is 2.31. The standard InChI is InChI=1S/C11H19N3O5/c1-6-5-14(3-2-8(6)15)11(19)13-7(10(17)18)4-9(12)16/h6-8,15H,2-5H2,1H3,(H2,12,16)(H,13,19)(H,17,18). The molecule has 0 aromatic heterocycles. The third-order valence-corrected chi connectivity index (χ3v) is 3.15. The summed E-state index contributed by atoms with van der Waals surface area (Å²) in [4.78, 5) is 34.9. The lowest BCUT2D eigenvalue weighted by molar-refractivity contribution is -0.141. The van der Waals surface area contributed by atoms with E-state index >= 15 is 0 Å². The molecule has 3 atom stereocenters. The maximum atomic E-state index is 11.9. The van der Waals surface area contributed by atoms with E-state index in [1.807, 2.05) is 6.92 Å². The number of carboxylic acid groups (broad SMARTS) is 1. The van der Waals surface area contributed by atoms with Gasteiger partial charge in [-0.1, -0.05) is 6.92 Å². The molecule has 3 unspecified atom stereocenters. The Kier molecular flexibility index (Phi) is 5.11. The first-order valence-corrected chi connectivity index (χ1v) is 6.06. The molecule has 8 nitrogen and oxygen atoms in total. The third kappa shape index (κ3) is 4.40. The van der Waals surface area contributed by atoms with Crippen LogP contribution in [0.5, 0.6) is 0 Å². The topological polar surface area (TPSA) is 133 Å². The average molecular weight is 273 g/mol. The minimum atomic E-state index is -1.33. The summed E-state index contributed by atoms with van der Waals surface area (Å²) in [5.74, 6) is -2.17. The molecule has 8 heteroatoms. The molecule has 1 aliphatic rings. The first-order valence-electron chi connectivity index (χ1n) is 6.06. The summed E-state index contributed by atoms with van der Waals surface area (Å²) in [7, 11) is 0. The molecule has 1 fully saturated rings. The van der Waals surface area contributed by atoms with Crippen LogP contribution in [0.25, 0.3) is 0 Å². The fraction of sp³-hybridized carbons (Fsp3) is 0.727. The maximum absolute atomic E-state index is 11.9. The molecule has 0 bridgehead atoms. The highest BCUT2D eigenvalue weighted by Gasteiger charge is 2.30. The van der Waals surface area contributed by atoms with Gasteiger partial charge < -0.3 is 26.2 Å². The molecule has 1 saturated heterocycles. The number of nitrogens with zero attached hydrogens (tertiary/aromatic N) is 1. The Morgan fingerprint density at radius 2 is 2.11 bits per heavy atom. The second-order valence-corrected chi connectivity index (χ2v) is 4.79. The van der Waals surface area contributed by atoms with Crippen molar-refractivity contribution >= 4 is 17.9 Å². The molecular formula is C11H19N3O5. The molecule has 1 rings (SSSR count). The van der Waals surface area contributed by atoms with Gasteiger partial charge in [-0.3, -0.25) is 4.79 Å². The number of nitrogens with two attached hydrogens (primary N) is 1. The van der Waals surface area contributed by atoms with Crippen molar-refractivity contribution < 1.29 is 24.6 Å². The van der Waals surface area contributed by atoms with Crippen molar-refractivity contribution in [2.45, 2.75) is 31.9 Å². The third-order valence-electron chi connectivity index (χ3n) is 3.15. The summed E-state index contributed by atoms with van der Waals surface area (Å²) < 4.78 is 0. The highest BCUT2D eigenvalue weighted by atomic mass is 16.4. The Morgan fingerprint density at radius 3 is 2.58 bits per heavy atom. The second-order valence-electron chi connectivity index (χ2n) is 4.79. The molecule has 0 aromatic rings. The molecule has 1 aliphatic heterocycles. The van der Waals surface area contributed by atoms with Gasteiger partial charge in [-0.15, -0.1) is 0 Å². The number of hydrogen-bond acceptors (Lipinski definition) is 4. The number of hydrogen-bond donors (Lipinski definition) is 4. The Morgan fingerprint density at radius 1 is 1.47 bits per heavy atom. The number of carbonyl (C=O) groups is 3. The van der Waals surface area contributed by atoms with Gasteiger partial charge in [0.15, 0.2) is 0 Å². The summed E-state index contributed by atoms with van der Waals surface area (Å²) >= 11 is 0. The summed E-state index contributed by atoms with van der Waals surface area (Å²) in [6.07, 6.45) is -0.458. The molecular weight excluding hydrogens is 254 g/mol. The maximum Gasteiger partial charge on any atom is 0.326 e. The Bertz CT molecular complexity index is 373. The summed E-state index contributed by atoms with van der Waals surface area (Å²) in [6, 6.07) is -1.89. The van der Waals surface area contributed by atoms with Crippen LogP contribution >= 0.6 is 0 Å². The number of aliphatic hydroxyl groups is 1. The highest BCUT2D eigenvalue weighted by molar-refractivity contribution is 5.87. The second kappa shape index (κ2) is 6.37. The van der Waals surface area contributed by atoms with Crippen molar-refractivity contribution in [2.75, 3.05) is 13.1 Å². The predicted octanol–water partition coefficient (Wildman–Crippen LogP) is -1.27. The fourth-order valence-electron chi connectivity index (χ4n) is 1.96. The number of rotatable bonds is 4. The molecule has 0 radical (unpaired) electrons. The number of carbonyl (C=O) groups excluding carboxylic acids is 2. The van der Waals surface area contributed by atoms with E-state index in [0.717, 1.165) is 0 Å². The Hall–Kier alpha value is -1.83. The minimum absolute atomic E-state index is 0.0704. The van der Waals surface area contributed by atoms with Crippen molar-refractivity contribution in [1.29, 1.82) is 0 Å². The van der Waals surface area contributed by atoms with Gasteiger partial charge in [-0.2, -0.15) is 0 Å². The Balaban J connectivity index is 2.57. The number of nitrogens with one attached hydrogen (secondary N) is 1.